The van der Waals surface area contributed by atoms with Crippen molar-refractivity contribution in [1.82, 2.24) is 0 Å². The van der Waals surface area contributed by atoms with E-state index >= 15 is 0 Å². The number of hydrogen-bond donors (Lipinski definition) is 1. The number of thiocarbonyl (C=S) groups is 1. The summed E-state index contributed by atoms with van der Waals surface area (Å²) >= 11 is 6.48. The third kappa shape index (κ3) is 10.6. The van der Waals surface area contributed by atoms with Crippen LogP contribution in [0.2, 0.25) is 0 Å². The second-order valence-electron chi connectivity index (χ2n) is 3.90. The average Bonchev–Trinajstić information content (AvgIpc) is 2.25. The Bertz CT molecular complexity index is 235. The highest BCUT2D eigenvalue weighted by molar-refractivity contribution is 8.23. The van der Waals surface area contributed by atoms with Crippen LogP contribution < -0.4 is 5.73 Å². The Balaban J connectivity index is 3.81. The fraction of sp³-hybridized carbons (Fsp3) is 0.833. The van der Waals surface area contributed by atoms with Crippen molar-refractivity contribution in [2.75, 3.05) is 6.61 Å². The number of nitrogens with two attached hydrogens (primary N) is 1. The van der Waals surface area contributed by atoms with Gasteiger partial charge in [0.1, 0.15) is 4.32 Å². The molecule has 0 aromatic rings. The normalized spacial score (nSPS) is 12.1. The van der Waals surface area contributed by atoms with E-state index in [-0.39, 0.29) is 5.97 Å². The first-order valence-electron chi connectivity index (χ1n) is 6.21. The van der Waals surface area contributed by atoms with E-state index in [9.17, 15) is 4.79 Å². The molecule has 0 heterocycles. The Labute approximate surface area is 114 Å². The van der Waals surface area contributed by atoms with Gasteiger partial charge in [0.15, 0.2) is 0 Å². The fourth-order valence-corrected chi connectivity index (χ4v) is 2.87. The minimum absolute atomic E-state index is 0.109. The van der Waals surface area contributed by atoms with Gasteiger partial charge in [-0.05, 0) is 26.2 Å². The second-order valence-corrected chi connectivity index (χ2v) is 5.94. The zero-order valence-corrected chi connectivity index (χ0v) is 12.4. The number of carbonyl (C=O) groups excluding carboxylic acids is 1. The third-order valence-electron chi connectivity index (χ3n) is 2.37. The summed E-state index contributed by atoms with van der Waals surface area (Å²) in [6, 6.07) is 0. The lowest BCUT2D eigenvalue weighted by atomic mass is 10.1. The van der Waals surface area contributed by atoms with Crippen molar-refractivity contribution in [2.45, 2.75) is 57.6 Å². The van der Waals surface area contributed by atoms with Crippen molar-refractivity contribution < 1.29 is 9.53 Å². The van der Waals surface area contributed by atoms with Crippen molar-refractivity contribution in [1.29, 1.82) is 0 Å². The Morgan fingerprint density at radius 1 is 1.35 bits per heavy atom. The molecule has 0 amide bonds. The van der Waals surface area contributed by atoms with Gasteiger partial charge >= 0.3 is 5.97 Å². The fourth-order valence-electron chi connectivity index (χ4n) is 1.57. The van der Waals surface area contributed by atoms with Crippen LogP contribution in [0.25, 0.3) is 0 Å². The van der Waals surface area contributed by atoms with Crippen LogP contribution >= 0.6 is 24.0 Å². The van der Waals surface area contributed by atoms with Gasteiger partial charge in [0.25, 0.3) is 0 Å². The summed E-state index contributed by atoms with van der Waals surface area (Å²) in [5.41, 5.74) is 5.55. The minimum Gasteiger partial charge on any atom is -0.466 e. The van der Waals surface area contributed by atoms with Gasteiger partial charge in [-0.15, -0.1) is 0 Å². The van der Waals surface area contributed by atoms with E-state index < -0.39 is 0 Å². The van der Waals surface area contributed by atoms with Crippen molar-refractivity contribution in [3.8, 4) is 0 Å². The first-order valence-corrected chi connectivity index (χ1v) is 7.50. The number of esters is 1. The van der Waals surface area contributed by atoms with Crippen molar-refractivity contribution in [3.63, 3.8) is 0 Å². The largest absolute Gasteiger partial charge is 0.466 e. The van der Waals surface area contributed by atoms with Crippen molar-refractivity contribution in [2.24, 2.45) is 5.73 Å². The van der Waals surface area contributed by atoms with E-state index in [0.717, 1.165) is 19.3 Å². The van der Waals surface area contributed by atoms with E-state index in [1.54, 1.807) is 11.8 Å². The summed E-state index contributed by atoms with van der Waals surface area (Å²) in [7, 11) is 0. The number of hydrogen-bond acceptors (Lipinski definition) is 4. The van der Waals surface area contributed by atoms with Crippen LogP contribution in [0.3, 0.4) is 0 Å². The SMILES string of the molecule is CCCCC(CCCC(=O)OCC)SC(N)=S. The molecule has 17 heavy (non-hydrogen) atoms. The average molecular weight is 277 g/mol. The monoisotopic (exact) mass is 277 g/mol. The van der Waals surface area contributed by atoms with Gasteiger partial charge in [-0.1, -0.05) is 43.7 Å². The van der Waals surface area contributed by atoms with Gasteiger partial charge in [0.2, 0.25) is 0 Å². The molecule has 0 spiro atoms. The molecule has 1 unspecified atom stereocenters. The van der Waals surface area contributed by atoms with Gasteiger partial charge in [0, 0.05) is 11.7 Å². The van der Waals surface area contributed by atoms with Crippen LogP contribution in [0.1, 0.15) is 52.4 Å². The standard InChI is InChI=1S/C12H23NO2S2/c1-3-5-7-10(17-12(13)16)8-6-9-11(14)15-4-2/h10H,3-9H2,1-2H3,(H2,13,16). The number of thioether (sulfide) groups is 1. The van der Waals surface area contributed by atoms with Crippen LogP contribution in [0.5, 0.6) is 0 Å². The molecule has 3 nitrogen and oxygen atoms in total. The van der Waals surface area contributed by atoms with Gasteiger partial charge in [-0.2, -0.15) is 0 Å². The first-order chi connectivity index (χ1) is 8.10. The molecule has 0 radical (unpaired) electrons. The molecule has 0 bridgehead atoms. The Hall–Kier alpha value is -0.290. The summed E-state index contributed by atoms with van der Waals surface area (Å²) in [6.07, 6.45) is 5.78. The molecule has 0 aromatic heterocycles. The maximum Gasteiger partial charge on any atom is 0.305 e. The molecule has 0 fully saturated rings. The third-order valence-corrected chi connectivity index (χ3v) is 3.70. The van der Waals surface area contributed by atoms with Crippen LogP contribution in [0.15, 0.2) is 0 Å². The summed E-state index contributed by atoms with van der Waals surface area (Å²) in [4.78, 5) is 11.2. The number of ether oxygens (including phenoxy) is 1. The zero-order valence-electron chi connectivity index (χ0n) is 10.7. The summed E-state index contributed by atoms with van der Waals surface area (Å²) in [6.45, 7) is 4.45. The lowest BCUT2D eigenvalue weighted by molar-refractivity contribution is -0.143. The van der Waals surface area contributed by atoms with E-state index in [2.05, 4.69) is 6.92 Å². The number of unbranched alkanes of at least 4 members (excludes halogenated alkanes) is 1. The molecule has 0 rings (SSSR count). The van der Waals surface area contributed by atoms with Crippen LogP contribution in [0, 0.1) is 0 Å². The summed E-state index contributed by atoms with van der Waals surface area (Å²) in [5.74, 6) is -0.109. The molecule has 0 aliphatic heterocycles. The second kappa shape index (κ2) is 10.8. The molecule has 2 N–H and O–H groups in total. The molecule has 0 saturated carbocycles. The van der Waals surface area contributed by atoms with E-state index in [4.69, 9.17) is 22.7 Å². The quantitative estimate of drug-likeness (QED) is 0.518. The van der Waals surface area contributed by atoms with Crippen LogP contribution in [-0.4, -0.2) is 22.1 Å². The van der Waals surface area contributed by atoms with Gasteiger partial charge in [0.05, 0.1) is 6.61 Å². The Morgan fingerprint density at radius 3 is 2.53 bits per heavy atom. The van der Waals surface area contributed by atoms with E-state index in [1.165, 1.54) is 12.8 Å². The Kier molecular flexibility index (Phi) is 10.7. The summed E-state index contributed by atoms with van der Waals surface area (Å²) in [5, 5.41) is 0.446. The minimum atomic E-state index is -0.109. The first kappa shape index (κ1) is 16.7. The molecule has 0 saturated heterocycles. The zero-order chi connectivity index (χ0) is 13.1. The van der Waals surface area contributed by atoms with Gasteiger partial charge in [-0.3, -0.25) is 4.79 Å². The topological polar surface area (TPSA) is 52.3 Å². The highest BCUT2D eigenvalue weighted by atomic mass is 32.2. The van der Waals surface area contributed by atoms with Gasteiger partial charge < -0.3 is 10.5 Å². The maximum atomic E-state index is 11.2. The molecule has 0 aliphatic rings. The molecule has 5 heteroatoms. The maximum absolute atomic E-state index is 11.2. The van der Waals surface area contributed by atoms with Crippen molar-refractivity contribution >= 4 is 34.3 Å². The van der Waals surface area contributed by atoms with Crippen LogP contribution in [-0.2, 0) is 9.53 Å². The number of carbonyl (C=O) groups is 1. The van der Waals surface area contributed by atoms with E-state index in [1.807, 2.05) is 6.92 Å². The molecule has 0 aliphatic carbocycles. The molecule has 1 atom stereocenters. The smallest absolute Gasteiger partial charge is 0.305 e. The predicted molar refractivity (Wildman–Crippen MR) is 78.2 cm³/mol. The lowest BCUT2D eigenvalue weighted by Crippen LogP contribution is -2.12. The van der Waals surface area contributed by atoms with Crippen molar-refractivity contribution in [3.05, 3.63) is 0 Å². The van der Waals surface area contributed by atoms with Crippen LogP contribution in [0.4, 0.5) is 0 Å². The molecular formula is C12H23NO2S2. The Morgan fingerprint density at radius 2 is 2.00 bits per heavy atom. The molecule has 100 valence electrons. The van der Waals surface area contributed by atoms with Gasteiger partial charge in [-0.25, -0.2) is 0 Å². The highest BCUT2D eigenvalue weighted by Gasteiger charge is 2.11. The predicted octanol–water partition coefficient (Wildman–Crippen LogP) is 3.26. The number of rotatable bonds is 9. The molecular weight excluding hydrogens is 254 g/mol. The molecule has 0 aromatic carbocycles. The van der Waals surface area contributed by atoms with E-state index in [0.29, 0.717) is 22.6 Å². The summed E-state index contributed by atoms with van der Waals surface area (Å²) < 4.78 is 5.39. The lowest BCUT2D eigenvalue weighted by Gasteiger charge is -2.14. The highest BCUT2D eigenvalue weighted by Crippen LogP contribution is 2.23.